The van der Waals surface area contributed by atoms with Gasteiger partial charge in [0.25, 0.3) is 5.91 Å². The first-order valence-electron chi connectivity index (χ1n) is 7.32. The third-order valence-corrected chi connectivity index (χ3v) is 4.16. The maximum Gasteiger partial charge on any atom is 0.262 e. The van der Waals surface area contributed by atoms with Gasteiger partial charge >= 0.3 is 0 Å². The first kappa shape index (κ1) is 16.7. The number of pyridine rings is 1. The van der Waals surface area contributed by atoms with Crippen LogP contribution in [0.25, 0.3) is 5.69 Å². The van der Waals surface area contributed by atoms with Crippen molar-refractivity contribution in [3.63, 3.8) is 0 Å². The van der Waals surface area contributed by atoms with E-state index in [1.165, 1.54) is 0 Å². The number of carbonyl (C=O) groups excluding carboxylic acids is 1. The van der Waals surface area contributed by atoms with Crippen LogP contribution in [0.2, 0.25) is 5.02 Å². The zero-order chi connectivity index (χ0) is 17.1. The molecule has 1 amide bonds. The molecule has 7 heteroatoms. The van der Waals surface area contributed by atoms with Crippen molar-refractivity contribution < 1.29 is 4.79 Å². The third kappa shape index (κ3) is 3.49. The van der Waals surface area contributed by atoms with E-state index >= 15 is 0 Å². The molecule has 0 aliphatic heterocycles. The summed E-state index contributed by atoms with van der Waals surface area (Å²) in [6.45, 7) is 2.42. The van der Waals surface area contributed by atoms with Crippen LogP contribution in [0, 0.1) is 0 Å². The molecule has 0 aliphatic carbocycles. The largest absolute Gasteiger partial charge is 0.293 e. The van der Waals surface area contributed by atoms with E-state index in [1.54, 1.807) is 46.4 Å². The molecule has 0 spiro atoms. The van der Waals surface area contributed by atoms with Crippen molar-refractivity contribution in [2.24, 2.45) is 0 Å². The number of aromatic nitrogens is 3. The van der Waals surface area contributed by atoms with E-state index in [0.29, 0.717) is 22.9 Å². The minimum atomic E-state index is -0.152. The number of hydrogen-bond donors (Lipinski definition) is 0. The molecule has 0 aliphatic rings. The summed E-state index contributed by atoms with van der Waals surface area (Å²) in [5, 5.41) is 4.87. The lowest BCUT2D eigenvalue weighted by molar-refractivity contribution is 0.0987. The Morgan fingerprint density at radius 1 is 1.29 bits per heavy atom. The number of hydrogen-bond acceptors (Lipinski definition) is 3. The Labute approximate surface area is 153 Å². The average Bonchev–Trinajstić information content (AvgIpc) is 3.07. The lowest BCUT2D eigenvalue weighted by Gasteiger charge is -2.18. The molecule has 0 saturated carbocycles. The van der Waals surface area contributed by atoms with Gasteiger partial charge in [-0.05, 0) is 53.2 Å². The topological polar surface area (TPSA) is 51.0 Å². The van der Waals surface area contributed by atoms with Gasteiger partial charge < -0.3 is 0 Å². The van der Waals surface area contributed by atoms with Gasteiger partial charge in [0.1, 0.15) is 5.82 Å². The highest BCUT2D eigenvalue weighted by Gasteiger charge is 2.19. The second kappa shape index (κ2) is 7.15. The van der Waals surface area contributed by atoms with Crippen LogP contribution in [0.5, 0.6) is 0 Å². The molecular weight excluding hydrogens is 392 g/mol. The fourth-order valence-corrected chi connectivity index (χ4v) is 2.71. The Balaban J connectivity index is 1.88. The minimum absolute atomic E-state index is 0.152. The zero-order valence-electron chi connectivity index (χ0n) is 12.9. The Morgan fingerprint density at radius 2 is 2.12 bits per heavy atom. The van der Waals surface area contributed by atoms with Gasteiger partial charge in [-0.25, -0.2) is 9.67 Å². The molecule has 0 N–H and O–H groups in total. The number of benzene rings is 1. The highest BCUT2D eigenvalue weighted by atomic mass is 79.9. The summed E-state index contributed by atoms with van der Waals surface area (Å²) >= 11 is 9.34. The molecule has 2 heterocycles. The molecule has 5 nitrogen and oxygen atoms in total. The molecule has 0 bridgehead atoms. The number of amides is 1. The molecule has 3 rings (SSSR count). The predicted octanol–water partition coefficient (Wildman–Crippen LogP) is 4.35. The van der Waals surface area contributed by atoms with Gasteiger partial charge in [0.15, 0.2) is 0 Å². The fraction of sp³-hybridized carbons (Fsp3) is 0.118. The van der Waals surface area contributed by atoms with Crippen LogP contribution in [0.4, 0.5) is 5.82 Å². The molecule has 3 aromatic rings. The van der Waals surface area contributed by atoms with E-state index in [-0.39, 0.29) is 5.91 Å². The molecule has 2 aromatic heterocycles. The number of rotatable bonds is 4. The summed E-state index contributed by atoms with van der Waals surface area (Å²) in [7, 11) is 0. The van der Waals surface area contributed by atoms with E-state index in [0.717, 1.165) is 10.2 Å². The fourth-order valence-electron chi connectivity index (χ4n) is 2.29. The maximum absolute atomic E-state index is 12.8. The van der Waals surface area contributed by atoms with Gasteiger partial charge in [-0.2, -0.15) is 5.10 Å². The van der Waals surface area contributed by atoms with Gasteiger partial charge in [-0.3, -0.25) is 9.69 Å². The monoisotopic (exact) mass is 404 g/mol. The van der Waals surface area contributed by atoms with E-state index in [4.69, 9.17) is 11.6 Å². The summed E-state index contributed by atoms with van der Waals surface area (Å²) in [5.41, 5.74) is 1.29. The minimum Gasteiger partial charge on any atom is -0.293 e. The molecule has 24 heavy (non-hydrogen) atoms. The van der Waals surface area contributed by atoms with Crippen LogP contribution in [-0.2, 0) is 0 Å². The van der Waals surface area contributed by atoms with Crippen molar-refractivity contribution in [1.29, 1.82) is 0 Å². The Bertz CT molecular complexity index is 863. The molecule has 0 fully saturated rings. The van der Waals surface area contributed by atoms with Crippen molar-refractivity contribution in [2.45, 2.75) is 6.92 Å². The van der Waals surface area contributed by atoms with Crippen LogP contribution in [-0.4, -0.2) is 27.2 Å². The van der Waals surface area contributed by atoms with Crippen molar-refractivity contribution in [2.75, 3.05) is 11.4 Å². The molecular formula is C17H14BrClN4O. The quantitative estimate of drug-likeness (QED) is 0.648. The van der Waals surface area contributed by atoms with Crippen LogP contribution >= 0.6 is 27.5 Å². The van der Waals surface area contributed by atoms with Crippen LogP contribution < -0.4 is 4.90 Å². The number of anilines is 1. The van der Waals surface area contributed by atoms with E-state index < -0.39 is 0 Å². The smallest absolute Gasteiger partial charge is 0.262 e. The molecule has 0 unspecified atom stereocenters. The Morgan fingerprint density at radius 3 is 2.79 bits per heavy atom. The van der Waals surface area contributed by atoms with Crippen LogP contribution in [0.15, 0.2) is 59.5 Å². The van der Waals surface area contributed by atoms with Crippen LogP contribution in [0.3, 0.4) is 0 Å². The lowest BCUT2D eigenvalue weighted by Crippen LogP contribution is -2.31. The van der Waals surface area contributed by atoms with Gasteiger partial charge in [0.2, 0.25) is 0 Å². The van der Waals surface area contributed by atoms with Crippen LogP contribution in [0.1, 0.15) is 17.3 Å². The second-order valence-electron chi connectivity index (χ2n) is 5.04. The SMILES string of the molecule is CCN(C(=O)c1cnn(-c2cccc(Cl)c2)c1)c1ccc(Br)cn1. The summed E-state index contributed by atoms with van der Waals surface area (Å²) in [5.74, 6) is 0.446. The summed E-state index contributed by atoms with van der Waals surface area (Å²) < 4.78 is 2.49. The lowest BCUT2D eigenvalue weighted by atomic mass is 10.3. The maximum atomic E-state index is 12.8. The van der Waals surface area contributed by atoms with E-state index in [2.05, 4.69) is 26.0 Å². The highest BCUT2D eigenvalue weighted by Crippen LogP contribution is 2.19. The van der Waals surface area contributed by atoms with Crippen molar-refractivity contribution in [3.8, 4) is 5.69 Å². The van der Waals surface area contributed by atoms with Gasteiger partial charge in [-0.1, -0.05) is 17.7 Å². The number of carbonyl (C=O) groups is 1. The molecule has 0 radical (unpaired) electrons. The Hall–Kier alpha value is -2.18. The molecule has 0 atom stereocenters. The van der Waals surface area contributed by atoms with E-state index in [9.17, 15) is 4.79 Å². The van der Waals surface area contributed by atoms with Crippen molar-refractivity contribution in [1.82, 2.24) is 14.8 Å². The highest BCUT2D eigenvalue weighted by molar-refractivity contribution is 9.10. The first-order chi connectivity index (χ1) is 11.6. The van der Waals surface area contributed by atoms with Crippen molar-refractivity contribution in [3.05, 3.63) is 70.0 Å². The molecule has 1 aromatic carbocycles. The molecule has 122 valence electrons. The standard InChI is InChI=1S/C17H14BrClN4O/c1-2-22(16-7-6-13(18)10-20-16)17(24)12-9-21-23(11-12)15-5-3-4-14(19)8-15/h3-11H,2H2,1H3. The second-order valence-corrected chi connectivity index (χ2v) is 6.39. The normalized spacial score (nSPS) is 10.6. The van der Waals surface area contributed by atoms with Gasteiger partial charge in [0, 0.05) is 28.4 Å². The van der Waals surface area contributed by atoms with Crippen molar-refractivity contribution >= 4 is 39.3 Å². The number of halogens is 2. The van der Waals surface area contributed by atoms with E-state index in [1.807, 2.05) is 25.1 Å². The van der Waals surface area contributed by atoms with Gasteiger partial charge in [0.05, 0.1) is 17.4 Å². The summed E-state index contributed by atoms with van der Waals surface area (Å²) in [6, 6.07) is 10.9. The Kier molecular flexibility index (Phi) is 4.97. The number of nitrogens with zero attached hydrogens (tertiary/aromatic N) is 4. The summed E-state index contributed by atoms with van der Waals surface area (Å²) in [6.07, 6.45) is 4.90. The predicted molar refractivity (Wildman–Crippen MR) is 97.9 cm³/mol. The third-order valence-electron chi connectivity index (χ3n) is 3.45. The van der Waals surface area contributed by atoms with Gasteiger partial charge in [-0.15, -0.1) is 0 Å². The molecule has 0 saturated heterocycles. The first-order valence-corrected chi connectivity index (χ1v) is 8.49. The zero-order valence-corrected chi connectivity index (χ0v) is 15.2. The summed E-state index contributed by atoms with van der Waals surface area (Å²) in [4.78, 5) is 18.7. The average molecular weight is 406 g/mol.